The van der Waals surface area contributed by atoms with E-state index in [4.69, 9.17) is 10.2 Å². The van der Waals surface area contributed by atoms with Crippen LogP contribution < -0.4 is 5.73 Å². The Labute approximate surface area is 161 Å². The van der Waals surface area contributed by atoms with E-state index in [-0.39, 0.29) is 5.91 Å². The van der Waals surface area contributed by atoms with Crippen molar-refractivity contribution in [1.29, 1.82) is 0 Å². The van der Waals surface area contributed by atoms with Crippen molar-refractivity contribution in [1.82, 2.24) is 19.8 Å². The number of rotatable bonds is 5. The second-order valence-electron chi connectivity index (χ2n) is 6.38. The first-order chi connectivity index (χ1) is 13.2. The van der Waals surface area contributed by atoms with E-state index in [0.717, 1.165) is 29.4 Å². The van der Waals surface area contributed by atoms with E-state index in [2.05, 4.69) is 14.9 Å². The fraction of sp³-hybridized carbons (Fsp3) is 0.316. The maximum absolute atomic E-state index is 12.5. The molecule has 0 bridgehead atoms. The van der Waals surface area contributed by atoms with Crippen molar-refractivity contribution in [3.63, 3.8) is 0 Å². The van der Waals surface area contributed by atoms with Gasteiger partial charge in [0.05, 0.1) is 12.7 Å². The first-order valence-electron chi connectivity index (χ1n) is 8.89. The molecule has 1 aromatic carbocycles. The highest BCUT2D eigenvalue weighted by Gasteiger charge is 2.24. The number of carbonyl (C=O) groups excluding carboxylic acids is 1. The summed E-state index contributed by atoms with van der Waals surface area (Å²) in [6, 6.07) is 9.94. The Bertz CT molecular complexity index is 900. The Morgan fingerprint density at radius 1 is 1.19 bits per heavy atom. The molecule has 3 heterocycles. The van der Waals surface area contributed by atoms with Gasteiger partial charge >= 0.3 is 0 Å². The minimum absolute atomic E-state index is 0.0203. The van der Waals surface area contributed by atoms with Crippen LogP contribution in [-0.2, 0) is 13.1 Å². The molecule has 2 aromatic heterocycles. The number of piperazine rings is 1. The van der Waals surface area contributed by atoms with Gasteiger partial charge in [-0.05, 0) is 0 Å². The number of aromatic nitrogens is 2. The van der Waals surface area contributed by atoms with Crippen LogP contribution in [0.2, 0.25) is 0 Å². The Kier molecular flexibility index (Phi) is 5.28. The van der Waals surface area contributed by atoms with E-state index in [1.165, 1.54) is 11.3 Å². The van der Waals surface area contributed by atoms with Crippen LogP contribution >= 0.6 is 11.3 Å². The number of nitrogens with zero attached hydrogens (tertiary/aromatic N) is 4. The largest absolute Gasteiger partial charge is 0.439 e. The number of thiazole rings is 1. The molecule has 1 amide bonds. The first-order valence-corrected chi connectivity index (χ1v) is 9.77. The summed E-state index contributed by atoms with van der Waals surface area (Å²) in [6.45, 7) is 3.90. The van der Waals surface area contributed by atoms with Crippen LogP contribution in [0.1, 0.15) is 21.4 Å². The molecule has 8 heteroatoms. The summed E-state index contributed by atoms with van der Waals surface area (Å²) in [5.74, 6) is 1.45. The molecule has 7 nitrogen and oxygen atoms in total. The lowest BCUT2D eigenvalue weighted by molar-refractivity contribution is 0.0613. The molecule has 0 saturated carbocycles. The van der Waals surface area contributed by atoms with Crippen molar-refractivity contribution >= 4 is 17.2 Å². The lowest BCUT2D eigenvalue weighted by atomic mass is 10.2. The molecule has 1 fully saturated rings. The molecular formula is C19H21N5O2S. The summed E-state index contributed by atoms with van der Waals surface area (Å²) in [5, 5.41) is 2.57. The van der Waals surface area contributed by atoms with Crippen LogP contribution in [0.3, 0.4) is 0 Å². The van der Waals surface area contributed by atoms with Gasteiger partial charge in [-0.25, -0.2) is 9.97 Å². The Balaban J connectivity index is 1.32. The summed E-state index contributed by atoms with van der Waals surface area (Å²) in [5.41, 5.74) is 7.09. The average Bonchev–Trinajstić information content (AvgIpc) is 3.38. The van der Waals surface area contributed by atoms with Crippen LogP contribution in [0.15, 0.2) is 46.3 Å². The molecule has 1 aliphatic rings. The smallest absolute Gasteiger partial charge is 0.273 e. The number of oxazole rings is 1. The summed E-state index contributed by atoms with van der Waals surface area (Å²) < 4.78 is 5.88. The second kappa shape index (κ2) is 7.99. The van der Waals surface area contributed by atoms with Gasteiger partial charge in [-0.15, -0.1) is 11.3 Å². The van der Waals surface area contributed by atoms with E-state index in [1.54, 1.807) is 11.6 Å². The molecule has 0 unspecified atom stereocenters. The maximum atomic E-state index is 12.5. The van der Waals surface area contributed by atoms with Crippen molar-refractivity contribution in [3.05, 3.63) is 58.5 Å². The van der Waals surface area contributed by atoms with Gasteiger partial charge in [0.1, 0.15) is 10.7 Å². The molecule has 0 spiro atoms. The van der Waals surface area contributed by atoms with Crippen molar-refractivity contribution < 1.29 is 9.21 Å². The fourth-order valence-corrected chi connectivity index (χ4v) is 3.73. The van der Waals surface area contributed by atoms with Crippen LogP contribution in [0.4, 0.5) is 0 Å². The highest BCUT2D eigenvalue weighted by Crippen LogP contribution is 2.21. The lowest BCUT2D eigenvalue weighted by Crippen LogP contribution is -2.48. The third-order valence-corrected chi connectivity index (χ3v) is 5.45. The lowest BCUT2D eigenvalue weighted by Gasteiger charge is -2.33. The van der Waals surface area contributed by atoms with Gasteiger partial charge in [0.25, 0.3) is 5.91 Å². The Morgan fingerprint density at radius 2 is 1.96 bits per heavy atom. The van der Waals surface area contributed by atoms with E-state index in [0.29, 0.717) is 37.8 Å². The van der Waals surface area contributed by atoms with Gasteiger partial charge in [0.15, 0.2) is 5.76 Å². The number of hydrogen-bond donors (Lipinski definition) is 1. The maximum Gasteiger partial charge on any atom is 0.273 e. The van der Waals surface area contributed by atoms with Crippen molar-refractivity contribution in [2.24, 2.45) is 5.73 Å². The molecular weight excluding hydrogens is 362 g/mol. The summed E-state index contributed by atoms with van der Waals surface area (Å²) in [7, 11) is 0. The minimum atomic E-state index is -0.0203. The van der Waals surface area contributed by atoms with E-state index in [9.17, 15) is 4.79 Å². The van der Waals surface area contributed by atoms with E-state index in [1.807, 2.05) is 35.2 Å². The second-order valence-corrected chi connectivity index (χ2v) is 7.33. The highest BCUT2D eigenvalue weighted by atomic mass is 32.1. The molecule has 1 saturated heterocycles. The van der Waals surface area contributed by atoms with Crippen molar-refractivity contribution in [2.45, 2.75) is 13.1 Å². The molecule has 140 valence electrons. The normalized spacial score (nSPS) is 15.2. The van der Waals surface area contributed by atoms with Crippen LogP contribution in [0, 0.1) is 0 Å². The van der Waals surface area contributed by atoms with Crippen LogP contribution in [0.25, 0.3) is 11.3 Å². The van der Waals surface area contributed by atoms with Gasteiger partial charge < -0.3 is 15.1 Å². The molecule has 3 aromatic rings. The standard InChI is InChI=1S/C19H21N5O2S/c20-10-18-22-15(13-27-18)19(25)24-8-6-23(7-9-24)12-17-21-11-16(26-17)14-4-2-1-3-5-14/h1-5,11,13H,6-10,12,20H2. The highest BCUT2D eigenvalue weighted by molar-refractivity contribution is 7.09. The Morgan fingerprint density at radius 3 is 2.67 bits per heavy atom. The molecule has 27 heavy (non-hydrogen) atoms. The zero-order valence-corrected chi connectivity index (χ0v) is 15.7. The molecule has 2 N–H and O–H groups in total. The molecule has 0 radical (unpaired) electrons. The minimum Gasteiger partial charge on any atom is -0.439 e. The average molecular weight is 383 g/mol. The number of nitrogens with two attached hydrogens (primary N) is 1. The first kappa shape index (κ1) is 17.8. The van der Waals surface area contributed by atoms with E-state index >= 15 is 0 Å². The number of benzene rings is 1. The SMILES string of the molecule is NCc1nc(C(=O)N2CCN(Cc3ncc(-c4ccccc4)o3)CC2)cs1. The Hall–Kier alpha value is -2.55. The number of hydrogen-bond acceptors (Lipinski definition) is 7. The summed E-state index contributed by atoms with van der Waals surface area (Å²) >= 11 is 1.43. The third kappa shape index (κ3) is 4.08. The monoisotopic (exact) mass is 383 g/mol. The van der Waals surface area contributed by atoms with Gasteiger partial charge in [-0.1, -0.05) is 30.3 Å². The van der Waals surface area contributed by atoms with Crippen molar-refractivity contribution in [3.8, 4) is 11.3 Å². The van der Waals surface area contributed by atoms with Gasteiger partial charge in [0, 0.05) is 43.7 Å². The summed E-state index contributed by atoms with van der Waals surface area (Å²) in [4.78, 5) is 25.3. The van der Waals surface area contributed by atoms with Crippen LogP contribution in [-0.4, -0.2) is 51.9 Å². The zero-order chi connectivity index (χ0) is 18.6. The third-order valence-electron chi connectivity index (χ3n) is 4.58. The van der Waals surface area contributed by atoms with E-state index < -0.39 is 0 Å². The number of carbonyl (C=O) groups is 1. The molecule has 1 aliphatic heterocycles. The van der Waals surface area contributed by atoms with Gasteiger partial charge in [0.2, 0.25) is 5.89 Å². The van der Waals surface area contributed by atoms with Crippen LogP contribution in [0.5, 0.6) is 0 Å². The topological polar surface area (TPSA) is 88.5 Å². The zero-order valence-electron chi connectivity index (χ0n) is 14.9. The predicted molar refractivity (Wildman–Crippen MR) is 103 cm³/mol. The van der Waals surface area contributed by atoms with Gasteiger partial charge in [-0.3, -0.25) is 9.69 Å². The predicted octanol–water partition coefficient (Wildman–Crippen LogP) is 2.21. The molecule has 4 rings (SSSR count). The summed E-state index contributed by atoms with van der Waals surface area (Å²) in [6.07, 6.45) is 1.77. The molecule has 0 atom stereocenters. The quantitative estimate of drug-likeness (QED) is 0.727. The fourth-order valence-electron chi connectivity index (χ4n) is 3.08. The molecule has 0 aliphatic carbocycles. The number of amides is 1. The van der Waals surface area contributed by atoms with Gasteiger partial charge in [-0.2, -0.15) is 0 Å². The van der Waals surface area contributed by atoms with Crippen molar-refractivity contribution in [2.75, 3.05) is 26.2 Å².